The van der Waals surface area contributed by atoms with E-state index in [0.717, 1.165) is 0 Å². The van der Waals surface area contributed by atoms with Gasteiger partial charge in [0.05, 0.1) is 0 Å². The first-order valence-corrected chi connectivity index (χ1v) is 4.17. The largest absolute Gasteiger partial charge is 1.00 e. The maximum atomic E-state index is 9.37. The van der Waals surface area contributed by atoms with Crippen molar-refractivity contribution in [2.75, 3.05) is 0 Å². The van der Waals surface area contributed by atoms with E-state index in [1.807, 2.05) is 0 Å². The minimum absolute atomic E-state index is 0. The minimum atomic E-state index is -5.31. The average Bonchev–Trinajstić information content (AvgIpc) is 1.57. The molecule has 0 amide bonds. The third-order valence-electron chi connectivity index (χ3n) is 0.194. The van der Waals surface area contributed by atoms with Crippen LogP contribution in [-0.2, 0) is 29.5 Å². The van der Waals surface area contributed by atoms with Crippen LogP contribution in [0.25, 0.3) is 0 Å². The first-order valence-electron chi connectivity index (χ1n) is 1.50. The van der Waals surface area contributed by atoms with Crippen LogP contribution in [0.1, 0.15) is 0 Å². The average molecular weight is 307 g/mol. The summed E-state index contributed by atoms with van der Waals surface area (Å²) in [6.45, 7) is 0. The van der Waals surface area contributed by atoms with Crippen molar-refractivity contribution in [1.29, 1.82) is 0 Å². The van der Waals surface area contributed by atoms with Gasteiger partial charge in [-0.3, -0.25) is 0 Å². The molecule has 0 aromatic heterocycles. The Balaban J connectivity index is -0.000000135. The van der Waals surface area contributed by atoms with Crippen LogP contribution in [0, 0.1) is 0 Å². The summed E-state index contributed by atoms with van der Waals surface area (Å²) in [6, 6.07) is 0. The predicted molar refractivity (Wildman–Crippen MR) is 28.8 cm³/mol. The van der Waals surface area contributed by atoms with Crippen molar-refractivity contribution in [2.24, 2.45) is 0 Å². The molecular formula is HClK2O8S2. The first-order chi connectivity index (χ1) is 4.21. The van der Waals surface area contributed by atoms with Crippen LogP contribution < -0.4 is 103 Å². The van der Waals surface area contributed by atoms with Crippen molar-refractivity contribution in [3.8, 4) is 0 Å². The molecule has 0 aliphatic carbocycles. The van der Waals surface area contributed by atoms with Crippen molar-refractivity contribution in [3.63, 3.8) is 0 Å². The summed E-state index contributed by atoms with van der Waals surface area (Å²) < 4.78 is 61.5. The standard InChI is InChI=1S/ClH.2K.H2O8S2/c;;;1-9(2,3)7-8-10(4,5)6/h1H;;;(H,1,2,3)(H,4,5,6)/q;2*+1;/p-2. The van der Waals surface area contributed by atoms with Gasteiger partial charge in [0.1, 0.15) is 0 Å². The molecule has 0 radical (unpaired) electrons. The van der Waals surface area contributed by atoms with Gasteiger partial charge in [0.2, 0.25) is 20.8 Å². The molecule has 0 heterocycles. The topological polar surface area (TPSA) is 133 Å². The Bertz CT molecular complexity index is 256. The summed E-state index contributed by atoms with van der Waals surface area (Å²) in [5, 5.41) is 0. The summed E-state index contributed by atoms with van der Waals surface area (Å²) in [6.07, 6.45) is 0. The molecule has 70 valence electrons. The zero-order valence-electron chi connectivity index (χ0n) is 6.49. The van der Waals surface area contributed by atoms with Gasteiger partial charge in [-0.1, -0.05) is 0 Å². The fourth-order valence-corrected chi connectivity index (χ4v) is 0.612. The van der Waals surface area contributed by atoms with Crippen molar-refractivity contribution in [1.82, 2.24) is 0 Å². The molecule has 8 nitrogen and oxygen atoms in total. The second-order valence-corrected chi connectivity index (χ2v) is 2.86. The zero-order valence-corrected chi connectivity index (χ0v) is 15.2. The number of rotatable bonds is 3. The third kappa shape index (κ3) is 25.5. The molecule has 13 heavy (non-hydrogen) atoms. The normalized spacial score (nSPS) is 10.3. The number of halogens is 1. The van der Waals surface area contributed by atoms with E-state index in [4.69, 9.17) is 0 Å². The fraction of sp³-hybridized carbons (Fsp3) is 0. The molecule has 0 saturated heterocycles. The number of hydrogen-bond acceptors (Lipinski definition) is 8. The van der Waals surface area contributed by atoms with E-state index in [9.17, 15) is 25.9 Å². The maximum absolute atomic E-state index is 9.37. The number of hydrogen-bond donors (Lipinski definition) is 0. The molecule has 0 N–H and O–H groups in total. The quantitative estimate of drug-likeness (QED) is 0.165. The maximum Gasteiger partial charge on any atom is 1.00 e. The van der Waals surface area contributed by atoms with Gasteiger partial charge in [-0.25, -0.2) is 16.8 Å². The Morgan fingerprint density at radius 1 is 0.769 bits per heavy atom. The Hall–Kier alpha value is 3.30. The van der Waals surface area contributed by atoms with Crippen LogP contribution in [0.2, 0.25) is 0 Å². The smallest absolute Gasteiger partial charge is 0.724 e. The van der Waals surface area contributed by atoms with Crippen molar-refractivity contribution in [2.45, 2.75) is 0 Å². The molecule has 0 bridgehead atoms. The van der Waals surface area contributed by atoms with Gasteiger partial charge in [0.15, 0.2) is 0 Å². The van der Waals surface area contributed by atoms with Crippen LogP contribution in [0.3, 0.4) is 0 Å². The van der Waals surface area contributed by atoms with Crippen molar-refractivity contribution in [3.05, 3.63) is 0 Å². The fourth-order valence-electron chi connectivity index (χ4n) is 0.0680. The van der Waals surface area contributed by atoms with Crippen LogP contribution >= 0.6 is 12.4 Å². The van der Waals surface area contributed by atoms with E-state index in [2.05, 4.69) is 8.67 Å². The molecular weight excluding hydrogens is 306 g/mol. The summed E-state index contributed by atoms with van der Waals surface area (Å²) in [5.41, 5.74) is 0. The van der Waals surface area contributed by atoms with E-state index in [1.165, 1.54) is 0 Å². The molecule has 0 aromatic rings. The van der Waals surface area contributed by atoms with E-state index < -0.39 is 20.8 Å². The van der Waals surface area contributed by atoms with Crippen LogP contribution in [0.15, 0.2) is 0 Å². The second kappa shape index (κ2) is 10.5. The van der Waals surface area contributed by atoms with Gasteiger partial charge in [0, 0.05) is 0 Å². The van der Waals surface area contributed by atoms with E-state index in [0.29, 0.717) is 0 Å². The molecule has 13 heteroatoms. The predicted octanol–water partition coefficient (Wildman–Crippen LogP) is -7.72. The first kappa shape index (κ1) is 25.2. The van der Waals surface area contributed by atoms with Gasteiger partial charge in [-0.2, -0.15) is 0 Å². The summed E-state index contributed by atoms with van der Waals surface area (Å²) >= 11 is 0. The summed E-state index contributed by atoms with van der Waals surface area (Å²) in [5.74, 6) is 0. The molecule has 0 aliphatic rings. The van der Waals surface area contributed by atoms with Crippen molar-refractivity contribution < 1.29 is 137 Å². The van der Waals surface area contributed by atoms with E-state index >= 15 is 0 Å². The monoisotopic (exact) mass is 306 g/mol. The van der Waals surface area contributed by atoms with Gasteiger partial charge in [-0.05, 0) is 0 Å². The van der Waals surface area contributed by atoms with Gasteiger partial charge in [0.25, 0.3) is 0 Å². The molecule has 0 rings (SSSR count). The molecule has 0 atom stereocenters. The summed E-state index contributed by atoms with van der Waals surface area (Å²) in [7, 11) is -10.6. The zero-order chi connectivity index (χ0) is 8.41. The molecule has 0 fully saturated rings. The third-order valence-corrected chi connectivity index (χ3v) is 0.750. The minimum Gasteiger partial charge on any atom is -0.724 e. The van der Waals surface area contributed by atoms with Crippen LogP contribution in [0.4, 0.5) is 0 Å². The van der Waals surface area contributed by atoms with Gasteiger partial charge < -0.3 is 9.11 Å². The molecule has 0 aliphatic heterocycles. The van der Waals surface area contributed by atoms with Gasteiger partial charge in [-0.15, -0.1) is 21.1 Å². The molecule has 0 aromatic carbocycles. The Morgan fingerprint density at radius 3 is 1.00 bits per heavy atom. The summed E-state index contributed by atoms with van der Waals surface area (Å²) in [4.78, 5) is 0. The van der Waals surface area contributed by atoms with Crippen LogP contribution in [-0.4, -0.2) is 25.9 Å². The second-order valence-electron chi connectivity index (χ2n) is 0.953. The Morgan fingerprint density at radius 2 is 0.923 bits per heavy atom. The molecule has 0 unspecified atom stereocenters. The van der Waals surface area contributed by atoms with E-state index in [-0.39, 0.29) is 115 Å². The van der Waals surface area contributed by atoms with Crippen molar-refractivity contribution >= 4 is 33.2 Å². The Kier molecular flexibility index (Phi) is 20.3. The SMILES string of the molecule is Cl.O=S(=O)([O-])OOS(=O)(=O)[O-].[K+].[K+]. The van der Waals surface area contributed by atoms with E-state index in [1.54, 1.807) is 0 Å². The van der Waals surface area contributed by atoms with Gasteiger partial charge >= 0.3 is 103 Å². The molecule has 0 spiro atoms. The molecule has 0 saturated carbocycles. The Labute approximate surface area is 166 Å². The van der Waals surface area contributed by atoms with Crippen LogP contribution in [0.5, 0.6) is 0 Å².